The fourth-order valence-corrected chi connectivity index (χ4v) is 4.60. The zero-order valence-corrected chi connectivity index (χ0v) is 18.2. The summed E-state index contributed by atoms with van der Waals surface area (Å²) in [5.74, 6) is 0.495. The first-order chi connectivity index (χ1) is 16.2. The molecule has 166 valence electrons. The molecule has 10 nitrogen and oxygen atoms in total. The number of piperidine rings is 1. The monoisotopic (exact) mass is 441 g/mol. The maximum absolute atomic E-state index is 13.3. The molecular weight excluding hydrogens is 418 g/mol. The van der Waals surface area contributed by atoms with Crippen LogP contribution in [0.4, 0.5) is 10.5 Å². The Labute approximate surface area is 190 Å². The Kier molecular flexibility index (Phi) is 4.72. The van der Waals surface area contributed by atoms with Crippen molar-refractivity contribution < 1.29 is 4.79 Å². The second-order valence-corrected chi connectivity index (χ2v) is 8.41. The van der Waals surface area contributed by atoms with Crippen LogP contribution in [0.2, 0.25) is 0 Å². The molecule has 6 rings (SSSR count). The van der Waals surface area contributed by atoms with Gasteiger partial charge in [-0.25, -0.2) is 24.4 Å². The lowest BCUT2D eigenvalue weighted by molar-refractivity contribution is 0.205. The first-order valence-corrected chi connectivity index (χ1v) is 11.0. The molecule has 0 aliphatic carbocycles. The number of urea groups is 1. The van der Waals surface area contributed by atoms with E-state index in [9.17, 15) is 4.79 Å². The predicted molar refractivity (Wildman–Crippen MR) is 123 cm³/mol. The average Bonchev–Trinajstić information content (AvgIpc) is 3.40. The number of hydrogen-bond donors (Lipinski definition) is 1. The van der Waals surface area contributed by atoms with Crippen LogP contribution in [0.1, 0.15) is 18.4 Å². The summed E-state index contributed by atoms with van der Waals surface area (Å²) < 4.78 is 1.61. The van der Waals surface area contributed by atoms with E-state index in [1.54, 1.807) is 34.4 Å². The van der Waals surface area contributed by atoms with E-state index >= 15 is 0 Å². The first-order valence-electron chi connectivity index (χ1n) is 11.0. The van der Waals surface area contributed by atoms with E-state index in [2.05, 4.69) is 25.4 Å². The molecular formula is C23H23N9O. The average molecular weight is 441 g/mol. The van der Waals surface area contributed by atoms with Gasteiger partial charge >= 0.3 is 6.03 Å². The fraction of sp³-hybridized carbons (Fsp3) is 0.304. The zero-order chi connectivity index (χ0) is 22.4. The van der Waals surface area contributed by atoms with Gasteiger partial charge in [0.25, 0.3) is 0 Å². The molecule has 0 bridgehead atoms. The van der Waals surface area contributed by atoms with Gasteiger partial charge in [-0.2, -0.15) is 5.10 Å². The summed E-state index contributed by atoms with van der Waals surface area (Å²) in [7, 11) is 1.84. The van der Waals surface area contributed by atoms with Crippen molar-refractivity contribution in [2.24, 2.45) is 0 Å². The van der Waals surface area contributed by atoms with Gasteiger partial charge in [0.2, 0.25) is 5.95 Å². The highest BCUT2D eigenvalue weighted by molar-refractivity contribution is 6.04. The summed E-state index contributed by atoms with van der Waals surface area (Å²) in [6.45, 7) is 2.32. The molecule has 0 aromatic carbocycles. The van der Waals surface area contributed by atoms with Gasteiger partial charge in [0, 0.05) is 55.2 Å². The van der Waals surface area contributed by atoms with Crippen LogP contribution in [-0.2, 0) is 6.54 Å². The number of fused-ring (bicyclic) bond motifs is 3. The quantitative estimate of drug-likeness (QED) is 0.520. The van der Waals surface area contributed by atoms with E-state index in [4.69, 9.17) is 4.98 Å². The number of carbonyl (C=O) groups excluding carboxylic acids is 1. The SMILES string of the molecule is CN1Cc2cnc3ccc(-c4cnc(-n5cccn5)nc4)nc3c2N(C2CCNCC2)C1=O. The van der Waals surface area contributed by atoms with Crippen LogP contribution in [0.3, 0.4) is 0 Å². The second kappa shape index (κ2) is 7.89. The van der Waals surface area contributed by atoms with E-state index in [0.717, 1.165) is 59.5 Å². The van der Waals surface area contributed by atoms with Gasteiger partial charge in [0.15, 0.2) is 0 Å². The molecule has 4 aromatic heterocycles. The Hall–Kier alpha value is -3.92. The van der Waals surface area contributed by atoms with Crippen molar-refractivity contribution in [1.29, 1.82) is 0 Å². The summed E-state index contributed by atoms with van der Waals surface area (Å²) in [4.78, 5) is 35.4. The first kappa shape index (κ1) is 19.7. The molecule has 1 fully saturated rings. The smallest absolute Gasteiger partial charge is 0.323 e. The minimum Gasteiger partial charge on any atom is -0.323 e. The highest BCUT2D eigenvalue weighted by atomic mass is 16.2. The molecule has 4 aromatic rings. The van der Waals surface area contributed by atoms with Crippen LogP contribution in [0.5, 0.6) is 0 Å². The van der Waals surface area contributed by atoms with E-state index in [1.807, 2.05) is 36.3 Å². The minimum absolute atomic E-state index is 0.0148. The lowest BCUT2D eigenvalue weighted by Gasteiger charge is -2.41. The highest BCUT2D eigenvalue weighted by Crippen LogP contribution is 2.37. The van der Waals surface area contributed by atoms with E-state index in [-0.39, 0.29) is 12.1 Å². The topological polar surface area (TPSA) is 105 Å². The molecule has 0 radical (unpaired) electrons. The van der Waals surface area contributed by atoms with Crippen molar-refractivity contribution >= 4 is 22.8 Å². The van der Waals surface area contributed by atoms with Crippen molar-refractivity contribution in [3.8, 4) is 17.2 Å². The third-order valence-electron chi connectivity index (χ3n) is 6.26. The van der Waals surface area contributed by atoms with Crippen molar-refractivity contribution in [3.63, 3.8) is 0 Å². The third kappa shape index (κ3) is 3.39. The molecule has 2 amide bonds. The van der Waals surface area contributed by atoms with Crippen LogP contribution in [0.15, 0.2) is 49.2 Å². The third-order valence-corrected chi connectivity index (χ3v) is 6.26. The molecule has 0 saturated carbocycles. The normalized spacial score (nSPS) is 16.9. The molecule has 0 unspecified atom stereocenters. The Bertz CT molecular complexity index is 1310. The van der Waals surface area contributed by atoms with Crippen molar-refractivity contribution in [2.45, 2.75) is 25.4 Å². The number of hydrogen-bond acceptors (Lipinski definition) is 7. The summed E-state index contributed by atoms with van der Waals surface area (Å²) >= 11 is 0. The second-order valence-electron chi connectivity index (χ2n) is 8.41. The summed E-state index contributed by atoms with van der Waals surface area (Å²) in [5, 5.41) is 7.55. The number of pyridine rings is 2. The Morgan fingerprint density at radius 1 is 1.06 bits per heavy atom. The van der Waals surface area contributed by atoms with Gasteiger partial charge < -0.3 is 10.2 Å². The van der Waals surface area contributed by atoms with Crippen LogP contribution < -0.4 is 10.2 Å². The molecule has 33 heavy (non-hydrogen) atoms. The molecule has 1 saturated heterocycles. The largest absolute Gasteiger partial charge is 0.324 e. The van der Waals surface area contributed by atoms with E-state index in [0.29, 0.717) is 12.5 Å². The number of carbonyl (C=O) groups is 1. The predicted octanol–water partition coefficient (Wildman–Crippen LogP) is 2.40. The van der Waals surface area contributed by atoms with Crippen LogP contribution in [0.25, 0.3) is 28.2 Å². The Morgan fingerprint density at radius 2 is 1.88 bits per heavy atom. The molecule has 0 atom stereocenters. The van der Waals surface area contributed by atoms with E-state index in [1.165, 1.54) is 0 Å². The number of aromatic nitrogens is 6. The van der Waals surface area contributed by atoms with Crippen molar-refractivity contribution in [3.05, 3.63) is 54.7 Å². The van der Waals surface area contributed by atoms with Gasteiger partial charge in [-0.3, -0.25) is 9.88 Å². The van der Waals surface area contributed by atoms with Gasteiger partial charge in [-0.1, -0.05) is 0 Å². The molecule has 2 aliphatic rings. The summed E-state index contributed by atoms with van der Waals surface area (Å²) in [6, 6.07) is 5.84. The van der Waals surface area contributed by atoms with Crippen LogP contribution >= 0.6 is 0 Å². The Morgan fingerprint density at radius 3 is 2.64 bits per heavy atom. The lowest BCUT2D eigenvalue weighted by atomic mass is 10.0. The zero-order valence-electron chi connectivity index (χ0n) is 18.2. The van der Waals surface area contributed by atoms with Gasteiger partial charge in [0.1, 0.15) is 5.52 Å². The lowest BCUT2D eigenvalue weighted by Crippen LogP contribution is -2.53. The molecule has 2 aliphatic heterocycles. The maximum atomic E-state index is 13.3. The number of rotatable bonds is 3. The summed E-state index contributed by atoms with van der Waals surface area (Å²) in [6.07, 6.45) is 10.7. The number of nitrogens with one attached hydrogen (secondary N) is 1. The number of anilines is 1. The van der Waals surface area contributed by atoms with Crippen molar-refractivity contribution in [1.82, 2.24) is 39.9 Å². The molecule has 6 heterocycles. The maximum Gasteiger partial charge on any atom is 0.324 e. The van der Waals surface area contributed by atoms with Crippen molar-refractivity contribution in [2.75, 3.05) is 25.0 Å². The Balaban J connectivity index is 1.46. The van der Waals surface area contributed by atoms with Gasteiger partial charge in [-0.15, -0.1) is 0 Å². The van der Waals surface area contributed by atoms with Crippen LogP contribution in [0, 0.1) is 0 Å². The summed E-state index contributed by atoms with van der Waals surface area (Å²) in [5.41, 5.74) is 4.92. The van der Waals surface area contributed by atoms with Gasteiger partial charge in [-0.05, 0) is 44.1 Å². The van der Waals surface area contributed by atoms with Gasteiger partial charge in [0.05, 0.1) is 23.4 Å². The van der Waals surface area contributed by atoms with Crippen LogP contribution in [-0.4, -0.2) is 66.8 Å². The number of nitrogens with zero attached hydrogens (tertiary/aromatic N) is 8. The highest BCUT2D eigenvalue weighted by Gasteiger charge is 2.36. The fourth-order valence-electron chi connectivity index (χ4n) is 4.60. The number of amides is 2. The minimum atomic E-state index is 0.0148. The molecule has 0 spiro atoms. The standard InChI is InChI=1S/C23H23N9O/c1-30-14-16-13-25-19-4-3-18(15-11-26-22(27-12-15)31-10-2-7-28-31)29-20(19)21(16)32(23(30)33)17-5-8-24-9-6-17/h2-4,7,10-13,17,24H,5-6,8-9,14H2,1H3. The molecule has 1 N–H and O–H groups in total. The van der Waals surface area contributed by atoms with E-state index < -0.39 is 0 Å². The molecule has 10 heteroatoms.